The van der Waals surface area contributed by atoms with E-state index in [-0.39, 0.29) is 11.1 Å². The van der Waals surface area contributed by atoms with Gasteiger partial charge >= 0.3 is 6.18 Å². The standard InChI is InChI=1S/C20H13F3N2/c1-12-8-9-16(18-14(12)7-4-10-24-18)19-17(20(21,22)23)15-6-3-2-5-13(15)11-25-19/h2-11H,1H3. The van der Waals surface area contributed by atoms with Crippen LogP contribution in [0.4, 0.5) is 13.2 Å². The molecule has 2 nitrogen and oxygen atoms in total. The summed E-state index contributed by atoms with van der Waals surface area (Å²) in [6.45, 7) is 1.91. The van der Waals surface area contributed by atoms with Crippen molar-refractivity contribution < 1.29 is 13.2 Å². The third-order valence-corrected chi connectivity index (χ3v) is 4.33. The molecule has 0 unspecified atom stereocenters. The molecule has 2 heterocycles. The molecule has 0 aliphatic heterocycles. The van der Waals surface area contributed by atoms with E-state index in [1.165, 1.54) is 12.3 Å². The highest BCUT2D eigenvalue weighted by atomic mass is 19.4. The van der Waals surface area contributed by atoms with Crippen LogP contribution in [0.15, 0.2) is 60.9 Å². The summed E-state index contributed by atoms with van der Waals surface area (Å²) in [6.07, 6.45) is -1.46. The van der Waals surface area contributed by atoms with E-state index in [1.807, 2.05) is 13.0 Å². The Balaban J connectivity index is 2.14. The average molecular weight is 338 g/mol. The number of halogens is 3. The van der Waals surface area contributed by atoms with Crippen LogP contribution in [0, 0.1) is 6.92 Å². The highest BCUT2D eigenvalue weighted by Gasteiger charge is 2.37. The number of nitrogens with zero attached hydrogens (tertiary/aromatic N) is 2. The number of hydrogen-bond acceptors (Lipinski definition) is 2. The van der Waals surface area contributed by atoms with Crippen LogP contribution in [-0.2, 0) is 6.18 Å². The Kier molecular flexibility index (Phi) is 3.46. The van der Waals surface area contributed by atoms with Crippen molar-refractivity contribution in [3.8, 4) is 11.3 Å². The van der Waals surface area contributed by atoms with Gasteiger partial charge in [-0.05, 0) is 23.9 Å². The van der Waals surface area contributed by atoms with E-state index in [0.717, 1.165) is 10.9 Å². The maximum atomic E-state index is 13.9. The van der Waals surface area contributed by atoms with Crippen LogP contribution < -0.4 is 0 Å². The molecule has 0 aliphatic carbocycles. The van der Waals surface area contributed by atoms with Crippen LogP contribution in [0.2, 0.25) is 0 Å². The van der Waals surface area contributed by atoms with Gasteiger partial charge in [0.05, 0.1) is 16.8 Å². The molecule has 0 saturated heterocycles. The van der Waals surface area contributed by atoms with E-state index in [4.69, 9.17) is 0 Å². The van der Waals surface area contributed by atoms with Gasteiger partial charge in [-0.3, -0.25) is 9.97 Å². The van der Waals surface area contributed by atoms with Crippen molar-refractivity contribution in [2.45, 2.75) is 13.1 Å². The van der Waals surface area contributed by atoms with Gasteiger partial charge in [-0.1, -0.05) is 42.5 Å². The SMILES string of the molecule is Cc1ccc(-c2ncc3ccccc3c2C(F)(F)F)c2ncccc12. The molecular weight excluding hydrogens is 325 g/mol. The summed E-state index contributed by atoms with van der Waals surface area (Å²) in [7, 11) is 0. The van der Waals surface area contributed by atoms with Gasteiger partial charge in [0.1, 0.15) is 0 Å². The first-order valence-corrected chi connectivity index (χ1v) is 7.76. The molecule has 0 fully saturated rings. The Morgan fingerprint density at radius 2 is 1.60 bits per heavy atom. The van der Waals surface area contributed by atoms with Crippen molar-refractivity contribution in [2.75, 3.05) is 0 Å². The molecule has 0 spiro atoms. The smallest absolute Gasteiger partial charge is 0.256 e. The molecule has 0 bridgehead atoms. The maximum absolute atomic E-state index is 13.9. The number of alkyl halides is 3. The van der Waals surface area contributed by atoms with E-state index in [9.17, 15) is 13.2 Å². The minimum atomic E-state index is -4.52. The van der Waals surface area contributed by atoms with Crippen LogP contribution in [0.5, 0.6) is 0 Å². The number of benzene rings is 2. The first-order chi connectivity index (χ1) is 12.0. The minimum Gasteiger partial charge on any atom is -0.256 e. The monoisotopic (exact) mass is 338 g/mol. The molecule has 0 N–H and O–H groups in total. The van der Waals surface area contributed by atoms with Gasteiger partial charge in [-0.2, -0.15) is 13.2 Å². The zero-order valence-corrected chi connectivity index (χ0v) is 13.3. The molecule has 0 aliphatic rings. The normalized spacial score (nSPS) is 12.0. The molecule has 4 rings (SSSR count). The first kappa shape index (κ1) is 15.6. The van der Waals surface area contributed by atoms with Crippen molar-refractivity contribution >= 4 is 21.7 Å². The number of rotatable bonds is 1. The summed E-state index contributed by atoms with van der Waals surface area (Å²) < 4.78 is 41.6. The zero-order chi connectivity index (χ0) is 17.6. The summed E-state index contributed by atoms with van der Waals surface area (Å²) >= 11 is 0. The Labute approximate surface area is 142 Å². The van der Waals surface area contributed by atoms with Gasteiger partial charge in [-0.25, -0.2) is 0 Å². The van der Waals surface area contributed by atoms with Crippen molar-refractivity contribution in [2.24, 2.45) is 0 Å². The number of hydrogen-bond donors (Lipinski definition) is 0. The molecule has 25 heavy (non-hydrogen) atoms. The fourth-order valence-electron chi connectivity index (χ4n) is 3.16. The largest absolute Gasteiger partial charge is 0.419 e. The van der Waals surface area contributed by atoms with E-state index in [0.29, 0.717) is 16.5 Å². The van der Waals surface area contributed by atoms with Gasteiger partial charge in [0.25, 0.3) is 0 Å². The van der Waals surface area contributed by atoms with Crippen LogP contribution in [-0.4, -0.2) is 9.97 Å². The van der Waals surface area contributed by atoms with E-state index < -0.39 is 11.7 Å². The van der Waals surface area contributed by atoms with Crippen molar-refractivity contribution in [3.05, 3.63) is 72.1 Å². The van der Waals surface area contributed by atoms with Crippen molar-refractivity contribution in [1.29, 1.82) is 0 Å². The van der Waals surface area contributed by atoms with Gasteiger partial charge in [-0.15, -0.1) is 0 Å². The average Bonchev–Trinajstić information content (AvgIpc) is 2.60. The molecule has 0 saturated carbocycles. The van der Waals surface area contributed by atoms with Crippen LogP contribution in [0.1, 0.15) is 11.1 Å². The number of fused-ring (bicyclic) bond motifs is 2. The number of aromatic nitrogens is 2. The topological polar surface area (TPSA) is 25.8 Å². The predicted molar refractivity (Wildman–Crippen MR) is 92.2 cm³/mol. The van der Waals surface area contributed by atoms with Gasteiger partial charge in [0.2, 0.25) is 0 Å². The second kappa shape index (κ2) is 5.55. The highest BCUT2D eigenvalue weighted by molar-refractivity contribution is 5.98. The van der Waals surface area contributed by atoms with Crippen molar-refractivity contribution in [1.82, 2.24) is 9.97 Å². The van der Waals surface area contributed by atoms with E-state index >= 15 is 0 Å². The molecule has 2 aromatic heterocycles. The Morgan fingerprint density at radius 3 is 2.40 bits per heavy atom. The Bertz CT molecular complexity index is 1100. The molecular formula is C20H13F3N2. The lowest BCUT2D eigenvalue weighted by Crippen LogP contribution is -2.10. The summed E-state index contributed by atoms with van der Waals surface area (Å²) in [5.41, 5.74) is 1.06. The summed E-state index contributed by atoms with van der Waals surface area (Å²) in [6, 6.07) is 13.5. The lowest BCUT2D eigenvalue weighted by atomic mass is 9.96. The molecule has 2 aromatic carbocycles. The van der Waals surface area contributed by atoms with Gasteiger partial charge in [0.15, 0.2) is 0 Å². The second-order valence-corrected chi connectivity index (χ2v) is 5.90. The minimum absolute atomic E-state index is 0.0881. The summed E-state index contributed by atoms with van der Waals surface area (Å²) in [5, 5.41) is 1.43. The fraction of sp³-hybridized carbons (Fsp3) is 0.100. The second-order valence-electron chi connectivity index (χ2n) is 5.90. The molecule has 124 valence electrons. The molecule has 4 aromatic rings. The van der Waals surface area contributed by atoms with Crippen LogP contribution >= 0.6 is 0 Å². The van der Waals surface area contributed by atoms with Gasteiger partial charge in [0, 0.05) is 28.7 Å². The van der Waals surface area contributed by atoms with E-state index in [1.54, 1.807) is 42.6 Å². The lowest BCUT2D eigenvalue weighted by Gasteiger charge is -2.16. The Hall–Kier alpha value is -2.95. The third-order valence-electron chi connectivity index (χ3n) is 4.33. The number of pyridine rings is 2. The zero-order valence-electron chi connectivity index (χ0n) is 13.3. The van der Waals surface area contributed by atoms with Crippen LogP contribution in [0.25, 0.3) is 32.9 Å². The summed E-state index contributed by atoms with van der Waals surface area (Å²) in [5.74, 6) is 0. The Morgan fingerprint density at radius 1 is 0.840 bits per heavy atom. The molecule has 5 heteroatoms. The van der Waals surface area contributed by atoms with Gasteiger partial charge < -0.3 is 0 Å². The molecule has 0 atom stereocenters. The fourth-order valence-corrected chi connectivity index (χ4v) is 3.16. The third kappa shape index (κ3) is 2.52. The predicted octanol–water partition coefficient (Wildman–Crippen LogP) is 5.78. The highest BCUT2D eigenvalue weighted by Crippen LogP contribution is 2.42. The lowest BCUT2D eigenvalue weighted by molar-refractivity contribution is -0.136. The molecule has 0 amide bonds. The van der Waals surface area contributed by atoms with Crippen LogP contribution in [0.3, 0.4) is 0 Å². The first-order valence-electron chi connectivity index (χ1n) is 7.76. The van der Waals surface area contributed by atoms with Crippen molar-refractivity contribution in [3.63, 3.8) is 0 Å². The number of aryl methyl sites for hydroxylation is 1. The molecule has 0 radical (unpaired) electrons. The quantitative estimate of drug-likeness (QED) is 0.440. The maximum Gasteiger partial charge on any atom is 0.419 e. The summed E-state index contributed by atoms with van der Waals surface area (Å²) in [4.78, 5) is 8.48. The van der Waals surface area contributed by atoms with E-state index in [2.05, 4.69) is 9.97 Å².